The molecule has 0 saturated carbocycles. The largest absolute Gasteiger partial charge is 0.497 e. The first-order valence-electron chi connectivity index (χ1n) is 6.18. The summed E-state index contributed by atoms with van der Waals surface area (Å²) in [5, 5.41) is 12.5. The molecule has 1 N–H and O–H groups in total. The number of methoxy groups -OCH3 is 2. The lowest BCUT2D eigenvalue weighted by molar-refractivity contribution is 0.405. The van der Waals surface area contributed by atoms with E-state index in [-0.39, 0.29) is 0 Å². The molecule has 0 atom stereocenters. The lowest BCUT2D eigenvalue weighted by Gasteiger charge is -2.15. The van der Waals surface area contributed by atoms with Gasteiger partial charge in [0, 0.05) is 6.07 Å². The van der Waals surface area contributed by atoms with Gasteiger partial charge in [-0.25, -0.2) is 0 Å². The van der Waals surface area contributed by atoms with Crippen LogP contribution in [0.4, 0.5) is 11.4 Å². The number of rotatable bonds is 4. The van der Waals surface area contributed by atoms with E-state index in [0.29, 0.717) is 11.3 Å². The van der Waals surface area contributed by atoms with Crippen molar-refractivity contribution in [3.05, 3.63) is 47.5 Å². The Labute approximate surface area is 118 Å². The van der Waals surface area contributed by atoms with Gasteiger partial charge in [-0.1, -0.05) is 12.1 Å². The Bertz CT molecular complexity index is 660. The van der Waals surface area contributed by atoms with Gasteiger partial charge in [-0.2, -0.15) is 5.26 Å². The summed E-state index contributed by atoms with van der Waals surface area (Å²) >= 11 is 0. The Balaban J connectivity index is 2.47. The van der Waals surface area contributed by atoms with Crippen molar-refractivity contribution in [3.8, 4) is 17.6 Å². The van der Waals surface area contributed by atoms with Crippen LogP contribution in [0.1, 0.15) is 11.1 Å². The van der Waals surface area contributed by atoms with Crippen LogP contribution in [0.15, 0.2) is 36.4 Å². The number of aryl methyl sites for hydroxylation is 1. The first-order chi connectivity index (χ1) is 9.69. The molecule has 2 aromatic carbocycles. The number of benzene rings is 2. The molecule has 0 bridgehead atoms. The molecular weight excluding hydrogens is 252 g/mol. The second kappa shape index (κ2) is 5.98. The molecule has 102 valence electrons. The number of nitriles is 1. The van der Waals surface area contributed by atoms with Gasteiger partial charge in [0.1, 0.15) is 17.6 Å². The maximum absolute atomic E-state index is 9.20. The third-order valence-corrected chi connectivity index (χ3v) is 3.06. The van der Waals surface area contributed by atoms with Gasteiger partial charge in [-0.05, 0) is 30.7 Å². The summed E-state index contributed by atoms with van der Waals surface area (Å²) in [6, 6.07) is 13.3. The van der Waals surface area contributed by atoms with Gasteiger partial charge in [0.05, 0.1) is 31.2 Å². The number of ether oxygens (including phenoxy) is 2. The molecule has 2 aromatic rings. The molecule has 0 unspecified atom stereocenters. The highest BCUT2D eigenvalue weighted by Crippen LogP contribution is 2.33. The minimum absolute atomic E-state index is 0.592. The third-order valence-electron chi connectivity index (χ3n) is 3.06. The van der Waals surface area contributed by atoms with E-state index in [4.69, 9.17) is 9.47 Å². The maximum atomic E-state index is 9.20. The van der Waals surface area contributed by atoms with E-state index in [1.54, 1.807) is 20.3 Å². The third kappa shape index (κ3) is 2.67. The van der Waals surface area contributed by atoms with E-state index in [0.717, 1.165) is 22.7 Å². The van der Waals surface area contributed by atoms with E-state index in [2.05, 4.69) is 11.4 Å². The molecule has 0 aliphatic heterocycles. The highest BCUT2D eigenvalue weighted by molar-refractivity contribution is 5.74. The molecule has 0 fully saturated rings. The molecule has 4 heteroatoms. The van der Waals surface area contributed by atoms with Gasteiger partial charge in [0.25, 0.3) is 0 Å². The summed E-state index contributed by atoms with van der Waals surface area (Å²) < 4.78 is 10.5. The van der Waals surface area contributed by atoms with Crippen LogP contribution >= 0.6 is 0 Å². The van der Waals surface area contributed by atoms with Gasteiger partial charge in [0.15, 0.2) is 0 Å². The van der Waals surface area contributed by atoms with Crippen molar-refractivity contribution in [3.63, 3.8) is 0 Å². The standard InChI is InChI=1S/C16H16N2O2/c1-11-5-4-6-12(10-17)16(11)18-14-9-13(19-2)7-8-15(14)20-3/h4-9,18H,1-3H3. The predicted molar refractivity (Wildman–Crippen MR) is 78.7 cm³/mol. The molecule has 20 heavy (non-hydrogen) atoms. The Hall–Kier alpha value is -2.67. The molecular formula is C16H16N2O2. The van der Waals surface area contributed by atoms with Crippen molar-refractivity contribution in [1.29, 1.82) is 5.26 Å². The zero-order valence-corrected chi connectivity index (χ0v) is 11.7. The fourth-order valence-corrected chi connectivity index (χ4v) is 1.97. The molecule has 0 spiro atoms. The van der Waals surface area contributed by atoms with Crippen LogP contribution in [0.25, 0.3) is 0 Å². The molecule has 0 saturated heterocycles. The van der Waals surface area contributed by atoms with Crippen LogP contribution in [-0.2, 0) is 0 Å². The first kappa shape index (κ1) is 13.8. The Morgan fingerprint density at radius 1 is 1.10 bits per heavy atom. The SMILES string of the molecule is COc1ccc(OC)c(Nc2c(C)cccc2C#N)c1. The fourth-order valence-electron chi connectivity index (χ4n) is 1.97. The molecule has 2 rings (SSSR count). The van der Waals surface area contributed by atoms with Gasteiger partial charge >= 0.3 is 0 Å². The minimum Gasteiger partial charge on any atom is -0.497 e. The van der Waals surface area contributed by atoms with Gasteiger partial charge in [-0.3, -0.25) is 0 Å². The summed E-state index contributed by atoms with van der Waals surface area (Å²) in [6.45, 7) is 1.95. The highest BCUT2D eigenvalue weighted by Gasteiger charge is 2.10. The van der Waals surface area contributed by atoms with E-state index >= 15 is 0 Å². The van der Waals surface area contributed by atoms with Crippen molar-refractivity contribution in [2.75, 3.05) is 19.5 Å². The number of nitrogens with zero attached hydrogens (tertiary/aromatic N) is 1. The summed E-state index contributed by atoms with van der Waals surface area (Å²) in [4.78, 5) is 0. The van der Waals surface area contributed by atoms with Gasteiger partial charge < -0.3 is 14.8 Å². The van der Waals surface area contributed by atoms with E-state index in [9.17, 15) is 5.26 Å². The Morgan fingerprint density at radius 2 is 1.90 bits per heavy atom. The molecule has 0 aliphatic rings. The van der Waals surface area contributed by atoms with E-state index in [1.165, 1.54) is 0 Å². The minimum atomic E-state index is 0.592. The first-order valence-corrected chi connectivity index (χ1v) is 6.18. The summed E-state index contributed by atoms with van der Waals surface area (Å²) in [6.07, 6.45) is 0. The van der Waals surface area contributed by atoms with E-state index in [1.807, 2.05) is 37.3 Å². The predicted octanol–water partition coefficient (Wildman–Crippen LogP) is 3.63. The smallest absolute Gasteiger partial charge is 0.142 e. The van der Waals surface area contributed by atoms with Crippen LogP contribution in [-0.4, -0.2) is 14.2 Å². The zero-order chi connectivity index (χ0) is 14.5. The fraction of sp³-hybridized carbons (Fsp3) is 0.188. The molecule has 0 amide bonds. The Morgan fingerprint density at radius 3 is 2.55 bits per heavy atom. The number of para-hydroxylation sites is 1. The van der Waals surface area contributed by atoms with Crippen LogP contribution in [0.5, 0.6) is 11.5 Å². The van der Waals surface area contributed by atoms with Gasteiger partial charge in [-0.15, -0.1) is 0 Å². The van der Waals surface area contributed by atoms with Gasteiger partial charge in [0.2, 0.25) is 0 Å². The lowest BCUT2D eigenvalue weighted by Crippen LogP contribution is -1.99. The molecule has 0 aliphatic carbocycles. The van der Waals surface area contributed by atoms with Crippen LogP contribution in [0, 0.1) is 18.3 Å². The van der Waals surface area contributed by atoms with Crippen molar-refractivity contribution in [2.45, 2.75) is 6.92 Å². The second-order valence-corrected chi connectivity index (χ2v) is 4.30. The number of anilines is 2. The van der Waals surface area contributed by atoms with Crippen molar-refractivity contribution in [1.82, 2.24) is 0 Å². The Kier molecular flexibility index (Phi) is 4.11. The van der Waals surface area contributed by atoms with E-state index < -0.39 is 0 Å². The average Bonchev–Trinajstić information content (AvgIpc) is 2.49. The van der Waals surface area contributed by atoms with Crippen LogP contribution in [0.3, 0.4) is 0 Å². The maximum Gasteiger partial charge on any atom is 0.142 e. The molecule has 0 radical (unpaired) electrons. The van der Waals surface area contributed by atoms with Crippen LogP contribution < -0.4 is 14.8 Å². The van der Waals surface area contributed by atoms with Crippen molar-refractivity contribution in [2.24, 2.45) is 0 Å². The zero-order valence-electron chi connectivity index (χ0n) is 11.7. The van der Waals surface area contributed by atoms with Crippen molar-refractivity contribution < 1.29 is 9.47 Å². The van der Waals surface area contributed by atoms with Crippen LogP contribution in [0.2, 0.25) is 0 Å². The number of hydrogen-bond donors (Lipinski definition) is 1. The second-order valence-electron chi connectivity index (χ2n) is 4.30. The lowest BCUT2D eigenvalue weighted by atomic mass is 10.1. The average molecular weight is 268 g/mol. The monoisotopic (exact) mass is 268 g/mol. The number of hydrogen-bond acceptors (Lipinski definition) is 4. The topological polar surface area (TPSA) is 54.3 Å². The van der Waals surface area contributed by atoms with Crippen molar-refractivity contribution >= 4 is 11.4 Å². The summed E-state index contributed by atoms with van der Waals surface area (Å²) in [5.74, 6) is 1.42. The quantitative estimate of drug-likeness (QED) is 0.920. The molecule has 0 aromatic heterocycles. The number of nitrogens with one attached hydrogen (secondary N) is 1. The highest BCUT2D eigenvalue weighted by atomic mass is 16.5. The normalized spacial score (nSPS) is 9.70. The molecule has 4 nitrogen and oxygen atoms in total. The molecule has 0 heterocycles. The summed E-state index contributed by atoms with van der Waals surface area (Å²) in [7, 11) is 3.22. The summed E-state index contributed by atoms with van der Waals surface area (Å²) in [5.41, 5.74) is 3.13.